The molecule has 0 aliphatic carbocycles. The van der Waals surface area contributed by atoms with Gasteiger partial charge in [-0.3, -0.25) is 9.78 Å². The maximum Gasteiger partial charge on any atom is 0.248 e. The van der Waals surface area contributed by atoms with Gasteiger partial charge in [0.15, 0.2) is 0 Å². The molecule has 0 saturated heterocycles. The van der Waals surface area contributed by atoms with E-state index in [4.69, 9.17) is 16.2 Å². The van der Waals surface area contributed by atoms with Crippen LogP contribution in [0.2, 0.25) is 0 Å². The number of nitrogens with zero attached hydrogens (tertiary/aromatic N) is 1. The van der Waals surface area contributed by atoms with Crippen LogP contribution in [0.3, 0.4) is 0 Å². The minimum absolute atomic E-state index is 0.436. The molecule has 0 saturated carbocycles. The molecule has 1 heterocycles. The van der Waals surface area contributed by atoms with Crippen LogP contribution in [0, 0.1) is 0 Å². The van der Waals surface area contributed by atoms with E-state index in [-0.39, 0.29) is 0 Å². The number of anilines is 1. The quantitative estimate of drug-likeness (QED) is 0.721. The number of hydrogen-bond acceptors (Lipinski definition) is 4. The zero-order valence-corrected chi connectivity index (χ0v) is 11.1. The average molecular weight is 279 g/mol. The summed E-state index contributed by atoms with van der Waals surface area (Å²) in [4.78, 5) is 15.3. The van der Waals surface area contributed by atoms with Crippen LogP contribution in [0.1, 0.15) is 10.4 Å². The van der Waals surface area contributed by atoms with Crippen molar-refractivity contribution in [3.8, 4) is 11.5 Å². The zero-order chi connectivity index (χ0) is 14.8. The van der Waals surface area contributed by atoms with Crippen molar-refractivity contribution in [2.45, 2.75) is 0 Å². The maximum absolute atomic E-state index is 11.0. The molecule has 1 aromatic heterocycles. The van der Waals surface area contributed by atoms with Crippen molar-refractivity contribution in [1.29, 1.82) is 0 Å². The Kier molecular flexibility index (Phi) is 3.16. The number of amides is 1. The van der Waals surface area contributed by atoms with Crippen LogP contribution in [0.25, 0.3) is 10.9 Å². The van der Waals surface area contributed by atoms with Gasteiger partial charge in [0.25, 0.3) is 0 Å². The van der Waals surface area contributed by atoms with Crippen LogP contribution in [-0.4, -0.2) is 10.9 Å². The lowest BCUT2D eigenvalue weighted by molar-refractivity contribution is 0.100. The van der Waals surface area contributed by atoms with Gasteiger partial charge in [0.2, 0.25) is 5.91 Å². The van der Waals surface area contributed by atoms with E-state index in [9.17, 15) is 4.79 Å². The first-order valence-electron chi connectivity index (χ1n) is 6.36. The van der Waals surface area contributed by atoms with E-state index in [0.29, 0.717) is 28.3 Å². The van der Waals surface area contributed by atoms with Crippen LogP contribution in [0.4, 0.5) is 5.69 Å². The first-order chi connectivity index (χ1) is 10.1. The molecular weight excluding hydrogens is 266 g/mol. The van der Waals surface area contributed by atoms with Gasteiger partial charge in [-0.25, -0.2) is 0 Å². The normalized spacial score (nSPS) is 10.5. The number of rotatable bonds is 3. The van der Waals surface area contributed by atoms with E-state index in [2.05, 4.69) is 4.98 Å². The molecule has 0 radical (unpaired) electrons. The van der Waals surface area contributed by atoms with E-state index >= 15 is 0 Å². The summed E-state index contributed by atoms with van der Waals surface area (Å²) in [6, 6.07) is 13.9. The predicted molar refractivity (Wildman–Crippen MR) is 81.2 cm³/mol. The summed E-state index contributed by atoms with van der Waals surface area (Å²) in [7, 11) is 0. The first kappa shape index (κ1) is 12.9. The molecule has 0 aliphatic rings. The van der Waals surface area contributed by atoms with Gasteiger partial charge < -0.3 is 16.2 Å². The second-order valence-electron chi connectivity index (χ2n) is 4.54. The third kappa shape index (κ3) is 2.49. The molecule has 0 bridgehead atoms. The van der Waals surface area contributed by atoms with Gasteiger partial charge in [-0.15, -0.1) is 0 Å². The van der Waals surface area contributed by atoms with Gasteiger partial charge in [-0.05, 0) is 48.5 Å². The number of ether oxygens (including phenoxy) is 1. The minimum Gasteiger partial charge on any atom is -0.457 e. The largest absolute Gasteiger partial charge is 0.457 e. The van der Waals surface area contributed by atoms with Crippen molar-refractivity contribution in [3.63, 3.8) is 0 Å². The number of nitrogens with two attached hydrogens (primary N) is 2. The second kappa shape index (κ2) is 5.13. The molecule has 2 aromatic carbocycles. The molecule has 3 rings (SSSR count). The Morgan fingerprint density at radius 3 is 2.52 bits per heavy atom. The highest BCUT2D eigenvalue weighted by Gasteiger charge is 2.07. The summed E-state index contributed by atoms with van der Waals surface area (Å²) in [6.45, 7) is 0. The molecular formula is C16H13N3O2. The van der Waals surface area contributed by atoms with Gasteiger partial charge in [-0.1, -0.05) is 0 Å². The monoisotopic (exact) mass is 279 g/mol. The molecule has 4 N–H and O–H groups in total. The average Bonchev–Trinajstić information content (AvgIpc) is 2.51. The Morgan fingerprint density at radius 2 is 1.81 bits per heavy atom. The van der Waals surface area contributed by atoms with Gasteiger partial charge in [0, 0.05) is 17.1 Å². The molecule has 3 aromatic rings. The van der Waals surface area contributed by atoms with Crippen molar-refractivity contribution < 1.29 is 9.53 Å². The molecule has 0 fully saturated rings. The van der Waals surface area contributed by atoms with E-state index < -0.39 is 5.91 Å². The Balaban J connectivity index is 1.98. The van der Waals surface area contributed by atoms with Crippen LogP contribution in [0.5, 0.6) is 11.5 Å². The third-order valence-corrected chi connectivity index (χ3v) is 3.13. The molecule has 0 spiro atoms. The predicted octanol–water partition coefficient (Wildman–Crippen LogP) is 2.71. The number of carbonyl (C=O) groups is 1. The lowest BCUT2D eigenvalue weighted by Crippen LogP contribution is -2.10. The highest BCUT2D eigenvalue weighted by molar-refractivity contribution is 5.94. The summed E-state index contributed by atoms with van der Waals surface area (Å²) in [5.41, 5.74) is 12.8. The summed E-state index contributed by atoms with van der Waals surface area (Å²) < 4.78 is 5.83. The van der Waals surface area contributed by atoms with Crippen molar-refractivity contribution in [2.24, 2.45) is 5.73 Å². The summed E-state index contributed by atoms with van der Waals surface area (Å²) in [6.07, 6.45) is 1.68. The van der Waals surface area contributed by atoms with Crippen LogP contribution in [-0.2, 0) is 0 Å². The van der Waals surface area contributed by atoms with Gasteiger partial charge in [0.05, 0.1) is 11.2 Å². The number of hydrogen-bond donors (Lipinski definition) is 2. The number of benzene rings is 2. The lowest BCUT2D eigenvalue weighted by atomic mass is 10.1. The number of primary amides is 1. The zero-order valence-electron chi connectivity index (χ0n) is 11.1. The Labute approximate surface area is 121 Å². The SMILES string of the molecule is NC(=O)c1ccc(Oc2ccc(N)c3ncccc23)cc1. The van der Waals surface area contributed by atoms with Crippen molar-refractivity contribution in [1.82, 2.24) is 4.98 Å². The first-order valence-corrected chi connectivity index (χ1v) is 6.36. The maximum atomic E-state index is 11.0. The molecule has 5 nitrogen and oxygen atoms in total. The molecule has 5 heteroatoms. The molecule has 0 atom stereocenters. The number of aromatic nitrogens is 1. The van der Waals surface area contributed by atoms with Crippen LogP contribution in [0.15, 0.2) is 54.7 Å². The number of pyridine rings is 1. The Hall–Kier alpha value is -3.08. The molecule has 21 heavy (non-hydrogen) atoms. The van der Waals surface area contributed by atoms with Crippen LogP contribution < -0.4 is 16.2 Å². The summed E-state index contributed by atoms with van der Waals surface area (Å²) >= 11 is 0. The number of nitrogen functional groups attached to an aromatic ring is 1. The topological polar surface area (TPSA) is 91.2 Å². The Bertz CT molecular complexity index is 813. The molecule has 0 aliphatic heterocycles. The third-order valence-electron chi connectivity index (χ3n) is 3.13. The smallest absolute Gasteiger partial charge is 0.248 e. The van der Waals surface area contributed by atoms with Gasteiger partial charge in [-0.2, -0.15) is 0 Å². The fourth-order valence-electron chi connectivity index (χ4n) is 2.07. The molecule has 1 amide bonds. The van der Waals surface area contributed by atoms with E-state index in [0.717, 1.165) is 5.39 Å². The second-order valence-corrected chi connectivity index (χ2v) is 4.54. The van der Waals surface area contributed by atoms with Gasteiger partial charge in [0.1, 0.15) is 11.5 Å². The Morgan fingerprint density at radius 1 is 1.05 bits per heavy atom. The standard InChI is InChI=1S/C16H13N3O2/c17-13-7-8-14(12-2-1-9-19-15(12)13)21-11-5-3-10(4-6-11)16(18)20/h1-9H,17H2,(H2,18,20). The highest BCUT2D eigenvalue weighted by Crippen LogP contribution is 2.31. The van der Waals surface area contributed by atoms with Gasteiger partial charge >= 0.3 is 0 Å². The number of carbonyl (C=O) groups excluding carboxylic acids is 1. The minimum atomic E-state index is -0.469. The van der Waals surface area contributed by atoms with E-state index in [1.54, 1.807) is 42.6 Å². The van der Waals surface area contributed by atoms with Crippen LogP contribution >= 0.6 is 0 Å². The van der Waals surface area contributed by atoms with Crippen molar-refractivity contribution in [2.75, 3.05) is 5.73 Å². The number of fused-ring (bicyclic) bond motifs is 1. The summed E-state index contributed by atoms with van der Waals surface area (Å²) in [5.74, 6) is 0.790. The lowest BCUT2D eigenvalue weighted by Gasteiger charge is -2.10. The molecule has 0 unspecified atom stereocenters. The fraction of sp³-hybridized carbons (Fsp3) is 0. The summed E-state index contributed by atoms with van der Waals surface area (Å²) in [5, 5.41) is 0.830. The van der Waals surface area contributed by atoms with Crippen molar-refractivity contribution >= 4 is 22.5 Å². The van der Waals surface area contributed by atoms with E-state index in [1.807, 2.05) is 12.1 Å². The van der Waals surface area contributed by atoms with E-state index in [1.165, 1.54) is 0 Å². The molecule has 104 valence electrons. The van der Waals surface area contributed by atoms with Crippen molar-refractivity contribution in [3.05, 3.63) is 60.3 Å². The fourth-order valence-corrected chi connectivity index (χ4v) is 2.07. The highest BCUT2D eigenvalue weighted by atomic mass is 16.5.